The van der Waals surface area contributed by atoms with Gasteiger partial charge in [-0.05, 0) is 37.6 Å². The first-order chi connectivity index (χ1) is 14.0. The van der Waals surface area contributed by atoms with Crippen LogP contribution in [0.3, 0.4) is 0 Å². The molecule has 7 heteroatoms. The summed E-state index contributed by atoms with van der Waals surface area (Å²) in [6.45, 7) is 4.50. The number of carbonyl (C=O) groups excluding carboxylic acids is 1. The van der Waals surface area contributed by atoms with Gasteiger partial charge in [0, 0.05) is 13.7 Å². The van der Waals surface area contributed by atoms with Crippen LogP contribution in [0, 0.1) is 6.92 Å². The lowest BCUT2D eigenvalue weighted by Gasteiger charge is -2.30. The summed E-state index contributed by atoms with van der Waals surface area (Å²) < 4.78 is 6.76. The Balaban J connectivity index is 2.27. The van der Waals surface area contributed by atoms with E-state index in [0.29, 0.717) is 29.9 Å². The van der Waals surface area contributed by atoms with E-state index < -0.39 is 6.04 Å². The summed E-state index contributed by atoms with van der Waals surface area (Å²) in [6.07, 6.45) is 0. The Kier molecular flexibility index (Phi) is 6.67. The highest BCUT2D eigenvalue weighted by atomic mass is 35.5. The lowest BCUT2D eigenvalue weighted by molar-refractivity contribution is -0.131. The van der Waals surface area contributed by atoms with E-state index in [2.05, 4.69) is 0 Å². The number of benzene rings is 2. The number of hydrogen-bond acceptors (Lipinski definition) is 4. The molecule has 0 saturated carbocycles. The fraction of sp³-hybridized carbons (Fsp3) is 0.318. The Morgan fingerprint density at radius 1 is 1.21 bits per heavy atom. The van der Waals surface area contributed by atoms with Crippen LogP contribution in [0.1, 0.15) is 24.4 Å². The van der Waals surface area contributed by atoms with Crippen molar-refractivity contribution in [1.82, 2.24) is 14.5 Å². The highest BCUT2D eigenvalue weighted by Crippen LogP contribution is 2.24. The standard InChI is InChI=1S/C22H24ClN3O3/c1-15-8-4-7-11-19(15)26-21(16(2)25(12-13-29-3)20(27)14-23)24-18-10-6-5-9-17(18)22(26)28/h4-11,16H,12-14H2,1-3H3. The molecule has 3 aromatic rings. The minimum absolute atomic E-state index is 0.157. The molecule has 0 spiro atoms. The molecule has 6 nitrogen and oxygen atoms in total. The molecule has 1 unspecified atom stereocenters. The number of nitrogens with zero attached hydrogens (tertiary/aromatic N) is 3. The van der Waals surface area contributed by atoms with Crippen molar-refractivity contribution in [3.8, 4) is 5.69 Å². The van der Waals surface area contributed by atoms with E-state index in [-0.39, 0.29) is 17.3 Å². The second kappa shape index (κ2) is 9.20. The Morgan fingerprint density at radius 2 is 1.90 bits per heavy atom. The largest absolute Gasteiger partial charge is 0.383 e. The first-order valence-electron chi connectivity index (χ1n) is 9.41. The van der Waals surface area contributed by atoms with E-state index in [4.69, 9.17) is 21.3 Å². The first kappa shape index (κ1) is 21.0. The maximum atomic E-state index is 13.5. The predicted molar refractivity (Wildman–Crippen MR) is 115 cm³/mol. The van der Waals surface area contributed by atoms with Gasteiger partial charge in [0.15, 0.2) is 0 Å². The molecular formula is C22H24ClN3O3. The number of hydrogen-bond donors (Lipinski definition) is 0. The molecule has 0 aliphatic heterocycles. The van der Waals surface area contributed by atoms with Crippen LogP contribution in [0.2, 0.25) is 0 Å². The van der Waals surface area contributed by atoms with E-state index in [1.165, 1.54) is 0 Å². The van der Waals surface area contributed by atoms with Crippen molar-refractivity contribution in [1.29, 1.82) is 0 Å². The van der Waals surface area contributed by atoms with Gasteiger partial charge in [-0.15, -0.1) is 11.6 Å². The predicted octanol–water partition coefficient (Wildman–Crippen LogP) is 3.47. The SMILES string of the molecule is COCCN(C(=O)CCl)C(C)c1nc2ccccc2c(=O)n1-c1ccccc1C. The molecule has 1 heterocycles. The summed E-state index contributed by atoms with van der Waals surface area (Å²) in [5.74, 6) is 0.0866. The van der Waals surface area contributed by atoms with Crippen molar-refractivity contribution in [2.45, 2.75) is 19.9 Å². The topological polar surface area (TPSA) is 64.4 Å². The number of ether oxygens (including phenoxy) is 1. The van der Waals surface area contributed by atoms with Gasteiger partial charge in [0.05, 0.1) is 29.2 Å². The van der Waals surface area contributed by atoms with Gasteiger partial charge in [0.2, 0.25) is 5.91 Å². The van der Waals surface area contributed by atoms with Crippen LogP contribution >= 0.6 is 11.6 Å². The minimum Gasteiger partial charge on any atom is -0.383 e. The monoisotopic (exact) mass is 413 g/mol. The number of halogens is 1. The molecule has 1 atom stereocenters. The molecule has 0 fully saturated rings. The highest BCUT2D eigenvalue weighted by molar-refractivity contribution is 6.27. The van der Waals surface area contributed by atoms with Crippen molar-refractivity contribution in [2.24, 2.45) is 0 Å². The van der Waals surface area contributed by atoms with Crippen LogP contribution in [0.4, 0.5) is 0 Å². The Morgan fingerprint density at radius 3 is 2.59 bits per heavy atom. The molecule has 3 rings (SSSR count). The lowest BCUT2D eigenvalue weighted by atomic mass is 10.1. The van der Waals surface area contributed by atoms with Gasteiger partial charge in [-0.3, -0.25) is 14.2 Å². The molecule has 29 heavy (non-hydrogen) atoms. The Hall–Kier alpha value is -2.70. The summed E-state index contributed by atoms with van der Waals surface area (Å²) >= 11 is 5.84. The molecule has 152 valence electrons. The number of carbonyl (C=O) groups is 1. The molecular weight excluding hydrogens is 390 g/mol. The average Bonchev–Trinajstić information content (AvgIpc) is 2.74. The van der Waals surface area contributed by atoms with Gasteiger partial charge < -0.3 is 9.64 Å². The number of methoxy groups -OCH3 is 1. The summed E-state index contributed by atoms with van der Waals surface area (Å²) in [5.41, 5.74) is 2.10. The van der Waals surface area contributed by atoms with E-state index >= 15 is 0 Å². The first-order valence-corrected chi connectivity index (χ1v) is 9.95. The quantitative estimate of drug-likeness (QED) is 0.556. The molecule has 0 saturated heterocycles. The summed E-state index contributed by atoms with van der Waals surface area (Å²) in [4.78, 5) is 32.4. The van der Waals surface area contributed by atoms with Crippen LogP contribution in [0.5, 0.6) is 0 Å². The molecule has 0 bridgehead atoms. The summed E-state index contributed by atoms with van der Waals surface area (Å²) in [5, 5.41) is 0.527. The highest BCUT2D eigenvalue weighted by Gasteiger charge is 2.26. The number of para-hydroxylation sites is 2. The molecule has 0 aliphatic carbocycles. The van der Waals surface area contributed by atoms with Crippen molar-refractivity contribution in [3.63, 3.8) is 0 Å². The zero-order valence-corrected chi connectivity index (χ0v) is 17.5. The minimum atomic E-state index is -0.478. The van der Waals surface area contributed by atoms with Crippen molar-refractivity contribution in [3.05, 3.63) is 70.3 Å². The molecule has 1 aromatic heterocycles. The fourth-order valence-electron chi connectivity index (χ4n) is 3.42. The maximum absolute atomic E-state index is 13.5. The zero-order chi connectivity index (χ0) is 21.0. The van der Waals surface area contributed by atoms with Crippen LogP contribution < -0.4 is 5.56 Å². The van der Waals surface area contributed by atoms with E-state index in [1.54, 1.807) is 28.7 Å². The number of rotatable bonds is 7. The third-order valence-electron chi connectivity index (χ3n) is 4.97. The molecule has 0 aliphatic rings. The molecule has 1 amide bonds. The van der Waals surface area contributed by atoms with Crippen molar-refractivity contribution in [2.75, 3.05) is 26.1 Å². The smallest absolute Gasteiger partial charge is 0.266 e. The summed E-state index contributed by atoms with van der Waals surface area (Å²) in [6, 6.07) is 14.4. The van der Waals surface area contributed by atoms with E-state index in [0.717, 1.165) is 11.3 Å². The van der Waals surface area contributed by atoms with Crippen LogP contribution in [-0.2, 0) is 9.53 Å². The number of aromatic nitrogens is 2. The zero-order valence-electron chi connectivity index (χ0n) is 16.8. The maximum Gasteiger partial charge on any atom is 0.266 e. The van der Waals surface area contributed by atoms with Crippen LogP contribution in [0.15, 0.2) is 53.3 Å². The third kappa shape index (κ3) is 4.18. The average molecular weight is 414 g/mol. The third-order valence-corrected chi connectivity index (χ3v) is 5.20. The van der Waals surface area contributed by atoms with Gasteiger partial charge in [-0.25, -0.2) is 4.98 Å². The van der Waals surface area contributed by atoms with Gasteiger partial charge >= 0.3 is 0 Å². The van der Waals surface area contributed by atoms with E-state index in [1.807, 2.05) is 50.2 Å². The lowest BCUT2D eigenvalue weighted by Crippen LogP contribution is -2.40. The fourth-order valence-corrected chi connectivity index (χ4v) is 3.57. The van der Waals surface area contributed by atoms with Gasteiger partial charge in [0.1, 0.15) is 11.7 Å². The number of amides is 1. The number of alkyl halides is 1. The second-order valence-corrected chi connectivity index (χ2v) is 7.07. The second-order valence-electron chi connectivity index (χ2n) is 6.80. The number of fused-ring (bicyclic) bond motifs is 1. The van der Waals surface area contributed by atoms with Crippen molar-refractivity contribution >= 4 is 28.4 Å². The number of aryl methyl sites for hydroxylation is 1. The molecule has 0 N–H and O–H groups in total. The van der Waals surface area contributed by atoms with Gasteiger partial charge in [-0.2, -0.15) is 0 Å². The van der Waals surface area contributed by atoms with E-state index in [9.17, 15) is 9.59 Å². The van der Waals surface area contributed by atoms with Gasteiger partial charge in [0.25, 0.3) is 5.56 Å². The van der Waals surface area contributed by atoms with Crippen molar-refractivity contribution < 1.29 is 9.53 Å². The Bertz CT molecular complexity index is 1080. The van der Waals surface area contributed by atoms with Gasteiger partial charge in [-0.1, -0.05) is 30.3 Å². The van der Waals surface area contributed by atoms with Crippen LogP contribution in [0.25, 0.3) is 16.6 Å². The summed E-state index contributed by atoms with van der Waals surface area (Å²) in [7, 11) is 1.57. The normalized spacial score (nSPS) is 12.1. The van der Waals surface area contributed by atoms with Crippen LogP contribution in [-0.4, -0.2) is 46.5 Å². The molecule has 2 aromatic carbocycles. The molecule has 0 radical (unpaired) electrons. The Labute approximate surface area is 174 Å².